The molecule has 1 rings (SSSR count). The standard InChI is InChI=1S/C12H23N3O3/c1-2-8(7-11(16)17)14-12(18)15-10-6-4-3-5-9(10)13/h8-10H,2-7,13H2,1H3,(H,16,17)(H2,14,15,18). The van der Waals surface area contributed by atoms with Crippen molar-refractivity contribution in [3.63, 3.8) is 0 Å². The van der Waals surface area contributed by atoms with Gasteiger partial charge in [0.25, 0.3) is 0 Å². The number of hydrogen-bond acceptors (Lipinski definition) is 3. The molecule has 5 N–H and O–H groups in total. The number of rotatable bonds is 5. The summed E-state index contributed by atoms with van der Waals surface area (Å²) >= 11 is 0. The number of aliphatic carboxylic acids is 1. The molecule has 1 fully saturated rings. The largest absolute Gasteiger partial charge is 0.481 e. The third-order valence-electron chi connectivity index (χ3n) is 3.38. The Hall–Kier alpha value is -1.30. The van der Waals surface area contributed by atoms with Crippen LogP contribution in [0.25, 0.3) is 0 Å². The molecule has 0 spiro atoms. The fraction of sp³-hybridized carbons (Fsp3) is 0.833. The van der Waals surface area contributed by atoms with Crippen molar-refractivity contribution in [2.45, 2.75) is 63.6 Å². The van der Waals surface area contributed by atoms with E-state index in [9.17, 15) is 9.59 Å². The summed E-state index contributed by atoms with van der Waals surface area (Å²) in [7, 11) is 0. The minimum atomic E-state index is -0.906. The molecule has 0 saturated heterocycles. The summed E-state index contributed by atoms with van der Waals surface area (Å²) in [4.78, 5) is 22.3. The minimum absolute atomic E-state index is 0.00100. The summed E-state index contributed by atoms with van der Waals surface area (Å²) in [6.45, 7) is 1.85. The van der Waals surface area contributed by atoms with E-state index < -0.39 is 5.97 Å². The second-order valence-corrected chi connectivity index (χ2v) is 4.88. The van der Waals surface area contributed by atoms with Gasteiger partial charge in [-0.1, -0.05) is 19.8 Å². The molecule has 2 amide bonds. The zero-order valence-corrected chi connectivity index (χ0v) is 10.8. The number of hydrogen-bond donors (Lipinski definition) is 4. The summed E-state index contributed by atoms with van der Waals surface area (Å²) in [6.07, 6.45) is 4.54. The van der Waals surface area contributed by atoms with Crippen LogP contribution in [0.4, 0.5) is 4.79 Å². The maximum absolute atomic E-state index is 11.7. The van der Waals surface area contributed by atoms with Crippen molar-refractivity contribution in [3.05, 3.63) is 0 Å². The number of carbonyl (C=O) groups excluding carboxylic acids is 1. The number of carboxylic acids is 1. The summed E-state index contributed by atoms with van der Waals surface area (Å²) in [5, 5.41) is 14.2. The van der Waals surface area contributed by atoms with Gasteiger partial charge < -0.3 is 21.5 Å². The number of nitrogens with two attached hydrogens (primary N) is 1. The molecule has 0 heterocycles. The third-order valence-corrected chi connectivity index (χ3v) is 3.38. The Morgan fingerprint density at radius 3 is 2.61 bits per heavy atom. The predicted octanol–water partition coefficient (Wildman–Crippen LogP) is 0.809. The molecule has 1 aliphatic rings. The van der Waals surface area contributed by atoms with Crippen LogP contribution >= 0.6 is 0 Å². The summed E-state index contributed by atoms with van der Waals surface area (Å²) in [6, 6.07) is -0.641. The average Bonchev–Trinajstić information content (AvgIpc) is 2.30. The summed E-state index contributed by atoms with van der Waals surface area (Å²) in [5.41, 5.74) is 5.93. The lowest BCUT2D eigenvalue weighted by atomic mass is 9.91. The van der Waals surface area contributed by atoms with Gasteiger partial charge in [-0.25, -0.2) is 4.79 Å². The van der Waals surface area contributed by atoms with Gasteiger partial charge in [0.2, 0.25) is 0 Å². The van der Waals surface area contributed by atoms with Crippen LogP contribution in [0.3, 0.4) is 0 Å². The maximum atomic E-state index is 11.7. The minimum Gasteiger partial charge on any atom is -0.481 e. The lowest BCUT2D eigenvalue weighted by molar-refractivity contribution is -0.137. The van der Waals surface area contributed by atoms with Crippen LogP contribution in [0, 0.1) is 0 Å². The van der Waals surface area contributed by atoms with Crippen molar-refractivity contribution in [2.24, 2.45) is 5.73 Å². The molecule has 104 valence electrons. The van der Waals surface area contributed by atoms with Crippen LogP contribution in [0.5, 0.6) is 0 Å². The Morgan fingerprint density at radius 1 is 1.39 bits per heavy atom. The number of urea groups is 1. The first-order valence-electron chi connectivity index (χ1n) is 6.57. The zero-order chi connectivity index (χ0) is 13.5. The Morgan fingerprint density at radius 2 is 2.06 bits per heavy atom. The van der Waals surface area contributed by atoms with Crippen LogP contribution in [0.15, 0.2) is 0 Å². The fourth-order valence-electron chi connectivity index (χ4n) is 2.24. The van der Waals surface area contributed by atoms with Gasteiger partial charge in [0.1, 0.15) is 0 Å². The molecule has 0 aliphatic heterocycles. The Balaban J connectivity index is 2.37. The van der Waals surface area contributed by atoms with Crippen molar-refractivity contribution < 1.29 is 14.7 Å². The van der Waals surface area contributed by atoms with Crippen LogP contribution in [0.2, 0.25) is 0 Å². The van der Waals surface area contributed by atoms with E-state index in [2.05, 4.69) is 10.6 Å². The molecule has 1 aliphatic carbocycles. The molecule has 0 radical (unpaired) electrons. The van der Waals surface area contributed by atoms with E-state index >= 15 is 0 Å². The van der Waals surface area contributed by atoms with Gasteiger partial charge in [0.15, 0.2) is 0 Å². The molecule has 3 atom stereocenters. The molecule has 1 saturated carbocycles. The molecule has 0 aromatic carbocycles. The van der Waals surface area contributed by atoms with Crippen molar-refractivity contribution in [3.8, 4) is 0 Å². The van der Waals surface area contributed by atoms with Crippen molar-refractivity contribution in [2.75, 3.05) is 0 Å². The number of amides is 2. The topological polar surface area (TPSA) is 104 Å². The lowest BCUT2D eigenvalue weighted by Gasteiger charge is -2.30. The predicted molar refractivity (Wildman–Crippen MR) is 68.2 cm³/mol. The SMILES string of the molecule is CCC(CC(=O)O)NC(=O)NC1CCCCC1N. The first-order valence-corrected chi connectivity index (χ1v) is 6.57. The first-order chi connectivity index (χ1) is 8.52. The van der Waals surface area contributed by atoms with Gasteiger partial charge in [-0.05, 0) is 19.3 Å². The van der Waals surface area contributed by atoms with Gasteiger partial charge >= 0.3 is 12.0 Å². The zero-order valence-electron chi connectivity index (χ0n) is 10.8. The second kappa shape index (κ2) is 7.20. The molecule has 18 heavy (non-hydrogen) atoms. The van der Waals surface area contributed by atoms with Crippen LogP contribution in [-0.4, -0.2) is 35.2 Å². The normalized spacial score (nSPS) is 25.2. The first kappa shape index (κ1) is 14.8. The van der Waals surface area contributed by atoms with Gasteiger partial charge in [0.05, 0.1) is 6.42 Å². The van der Waals surface area contributed by atoms with Gasteiger partial charge in [0, 0.05) is 18.1 Å². The van der Waals surface area contributed by atoms with E-state index in [4.69, 9.17) is 10.8 Å². The van der Waals surface area contributed by atoms with E-state index in [0.29, 0.717) is 6.42 Å². The Bertz CT molecular complexity index is 296. The van der Waals surface area contributed by atoms with E-state index in [1.165, 1.54) is 0 Å². The van der Waals surface area contributed by atoms with Crippen molar-refractivity contribution >= 4 is 12.0 Å². The maximum Gasteiger partial charge on any atom is 0.315 e. The highest BCUT2D eigenvalue weighted by Gasteiger charge is 2.24. The Kier molecular flexibility index (Phi) is 5.91. The van der Waals surface area contributed by atoms with Crippen LogP contribution in [-0.2, 0) is 4.79 Å². The number of carboxylic acid groups (broad SMARTS) is 1. The second-order valence-electron chi connectivity index (χ2n) is 4.88. The van der Waals surface area contributed by atoms with Crippen molar-refractivity contribution in [1.29, 1.82) is 0 Å². The molecule has 6 heteroatoms. The number of carbonyl (C=O) groups is 2. The van der Waals surface area contributed by atoms with Crippen LogP contribution in [0.1, 0.15) is 45.4 Å². The monoisotopic (exact) mass is 257 g/mol. The molecule has 0 bridgehead atoms. The molecule has 3 unspecified atom stereocenters. The average molecular weight is 257 g/mol. The van der Waals surface area contributed by atoms with E-state index in [-0.39, 0.29) is 30.6 Å². The molecular formula is C12H23N3O3. The third kappa shape index (κ3) is 4.91. The van der Waals surface area contributed by atoms with Gasteiger partial charge in [-0.3, -0.25) is 4.79 Å². The van der Waals surface area contributed by atoms with E-state index in [1.807, 2.05) is 6.92 Å². The van der Waals surface area contributed by atoms with E-state index in [1.54, 1.807) is 0 Å². The van der Waals surface area contributed by atoms with E-state index in [0.717, 1.165) is 25.7 Å². The molecule has 0 aromatic heterocycles. The van der Waals surface area contributed by atoms with Gasteiger partial charge in [-0.15, -0.1) is 0 Å². The smallest absolute Gasteiger partial charge is 0.315 e. The molecule has 6 nitrogen and oxygen atoms in total. The molecule has 0 aromatic rings. The molecular weight excluding hydrogens is 234 g/mol. The van der Waals surface area contributed by atoms with Gasteiger partial charge in [-0.2, -0.15) is 0 Å². The lowest BCUT2D eigenvalue weighted by Crippen LogP contribution is -2.53. The van der Waals surface area contributed by atoms with Crippen LogP contribution < -0.4 is 16.4 Å². The summed E-state index contributed by atoms with van der Waals surface area (Å²) < 4.78 is 0. The highest BCUT2D eigenvalue weighted by molar-refractivity contribution is 5.76. The highest BCUT2D eigenvalue weighted by Crippen LogP contribution is 2.16. The highest BCUT2D eigenvalue weighted by atomic mass is 16.4. The number of nitrogens with one attached hydrogen (secondary N) is 2. The van der Waals surface area contributed by atoms with Crippen molar-refractivity contribution in [1.82, 2.24) is 10.6 Å². The summed E-state index contributed by atoms with van der Waals surface area (Å²) in [5.74, 6) is -0.906. The quantitative estimate of drug-likeness (QED) is 0.585. The Labute approximate surface area is 107 Å². The fourth-order valence-corrected chi connectivity index (χ4v) is 2.24.